The number of rotatable bonds is 4. The summed E-state index contributed by atoms with van der Waals surface area (Å²) in [5, 5.41) is 21.3. The fourth-order valence-electron chi connectivity index (χ4n) is 2.50. The van der Waals surface area contributed by atoms with Crippen molar-refractivity contribution < 1.29 is 10.3 Å². The molecule has 1 unspecified atom stereocenters. The maximum Gasteiger partial charge on any atom is 0.123 e. The van der Waals surface area contributed by atoms with E-state index < -0.39 is 5.60 Å². The van der Waals surface area contributed by atoms with E-state index in [9.17, 15) is 10.3 Å². The summed E-state index contributed by atoms with van der Waals surface area (Å²) in [6, 6.07) is 3.66. The zero-order valence-electron chi connectivity index (χ0n) is 11.3. The van der Waals surface area contributed by atoms with Crippen molar-refractivity contribution >= 4 is 11.5 Å². The average molecular weight is 266 g/mol. The molecule has 1 fully saturated rings. The van der Waals surface area contributed by atoms with Gasteiger partial charge >= 0.3 is 0 Å². The zero-order valence-corrected chi connectivity index (χ0v) is 11.3. The van der Waals surface area contributed by atoms with Crippen LogP contribution in [-0.2, 0) is 0 Å². The molecule has 0 radical (unpaired) electrons. The van der Waals surface area contributed by atoms with Gasteiger partial charge in [0.1, 0.15) is 5.82 Å². The van der Waals surface area contributed by atoms with Crippen molar-refractivity contribution in [2.24, 2.45) is 0 Å². The highest BCUT2D eigenvalue weighted by molar-refractivity contribution is 5.48. The molecule has 0 bridgehead atoms. The van der Waals surface area contributed by atoms with Crippen LogP contribution in [0, 0.1) is 0 Å². The number of nitrogens with two attached hydrogens (primary N) is 1. The van der Waals surface area contributed by atoms with Crippen LogP contribution in [0.1, 0.15) is 19.8 Å². The van der Waals surface area contributed by atoms with E-state index in [4.69, 9.17) is 5.73 Å². The largest absolute Gasteiger partial charge is 0.387 e. The predicted octanol–water partition coefficient (Wildman–Crippen LogP) is 0.706. The lowest BCUT2D eigenvalue weighted by Crippen LogP contribution is -2.54. The average Bonchev–Trinajstić information content (AvgIpc) is 2.39. The van der Waals surface area contributed by atoms with Gasteiger partial charge in [0, 0.05) is 19.6 Å². The Balaban J connectivity index is 2.06. The van der Waals surface area contributed by atoms with Crippen LogP contribution in [0.2, 0.25) is 0 Å². The van der Waals surface area contributed by atoms with Crippen molar-refractivity contribution in [1.29, 1.82) is 0 Å². The summed E-state index contributed by atoms with van der Waals surface area (Å²) in [6.07, 6.45) is 3.30. The number of anilines is 2. The molecule has 1 atom stereocenters. The van der Waals surface area contributed by atoms with Gasteiger partial charge in [0.25, 0.3) is 0 Å². The molecule has 106 valence electrons. The normalized spacial score (nSPS) is 23.9. The maximum absolute atomic E-state index is 10.6. The first kappa shape index (κ1) is 14.0. The Bertz CT molecular complexity index is 412. The quantitative estimate of drug-likeness (QED) is 0.696. The van der Waals surface area contributed by atoms with Gasteiger partial charge in [0.15, 0.2) is 0 Å². The summed E-state index contributed by atoms with van der Waals surface area (Å²) in [4.78, 5) is 6.16. The topological polar surface area (TPSA) is 85.9 Å². The lowest BCUT2D eigenvalue weighted by Gasteiger charge is -2.41. The van der Waals surface area contributed by atoms with Crippen LogP contribution in [0.5, 0.6) is 0 Å². The second kappa shape index (κ2) is 5.73. The van der Waals surface area contributed by atoms with Gasteiger partial charge in [0.05, 0.1) is 24.0 Å². The van der Waals surface area contributed by atoms with Crippen LogP contribution in [0.3, 0.4) is 0 Å². The minimum atomic E-state index is -0.885. The van der Waals surface area contributed by atoms with Crippen LogP contribution in [0.25, 0.3) is 0 Å². The number of hydrogen-bond acceptors (Lipinski definition) is 6. The SMILES string of the molecule is CCN(O)CC1(O)CCCN(c2ccc(N)nc2)C1. The van der Waals surface area contributed by atoms with Gasteiger partial charge in [-0.25, -0.2) is 4.98 Å². The Hall–Kier alpha value is -1.37. The van der Waals surface area contributed by atoms with Gasteiger partial charge in [-0.05, 0) is 25.0 Å². The first-order chi connectivity index (χ1) is 9.02. The second-order valence-corrected chi connectivity index (χ2v) is 5.17. The molecule has 1 saturated heterocycles. The van der Waals surface area contributed by atoms with E-state index in [0.717, 1.165) is 23.7 Å². The van der Waals surface area contributed by atoms with Crippen LogP contribution >= 0.6 is 0 Å². The molecule has 0 aliphatic carbocycles. The molecule has 0 amide bonds. The van der Waals surface area contributed by atoms with Crippen molar-refractivity contribution in [2.45, 2.75) is 25.4 Å². The van der Waals surface area contributed by atoms with E-state index in [1.54, 1.807) is 12.3 Å². The number of β-amino-alcohol motifs (C(OH)–C–C–N with tert-alkyl or cyclic N) is 1. The highest BCUT2D eigenvalue weighted by Crippen LogP contribution is 2.26. The van der Waals surface area contributed by atoms with Crippen molar-refractivity contribution in [2.75, 3.05) is 36.8 Å². The molecular formula is C13H22N4O2. The number of nitrogen functional groups attached to an aromatic ring is 1. The van der Waals surface area contributed by atoms with Gasteiger partial charge in [-0.3, -0.25) is 0 Å². The van der Waals surface area contributed by atoms with E-state index in [1.807, 2.05) is 13.0 Å². The summed E-state index contributed by atoms with van der Waals surface area (Å²) in [5.41, 5.74) is 5.64. The number of pyridine rings is 1. The summed E-state index contributed by atoms with van der Waals surface area (Å²) < 4.78 is 0. The van der Waals surface area contributed by atoms with Gasteiger partial charge in [-0.1, -0.05) is 6.92 Å². The van der Waals surface area contributed by atoms with Crippen molar-refractivity contribution in [3.63, 3.8) is 0 Å². The Morgan fingerprint density at radius 2 is 2.32 bits per heavy atom. The highest BCUT2D eigenvalue weighted by atomic mass is 16.5. The van der Waals surface area contributed by atoms with Gasteiger partial charge in [-0.15, -0.1) is 0 Å². The van der Waals surface area contributed by atoms with Crippen LogP contribution in [0.15, 0.2) is 18.3 Å². The molecule has 2 heterocycles. The molecule has 2 rings (SSSR count). The fraction of sp³-hybridized carbons (Fsp3) is 0.615. The molecule has 0 spiro atoms. The fourth-order valence-corrected chi connectivity index (χ4v) is 2.50. The monoisotopic (exact) mass is 266 g/mol. The summed E-state index contributed by atoms with van der Waals surface area (Å²) in [7, 11) is 0. The van der Waals surface area contributed by atoms with E-state index in [-0.39, 0.29) is 6.54 Å². The molecule has 4 N–H and O–H groups in total. The smallest absolute Gasteiger partial charge is 0.123 e. The number of nitrogens with zero attached hydrogens (tertiary/aromatic N) is 3. The maximum atomic E-state index is 10.6. The molecule has 0 saturated carbocycles. The number of aromatic nitrogens is 1. The predicted molar refractivity (Wildman–Crippen MR) is 74.1 cm³/mol. The summed E-state index contributed by atoms with van der Waals surface area (Å²) in [5.74, 6) is 0.489. The third kappa shape index (κ3) is 3.56. The molecule has 1 aromatic rings. The number of hydrogen-bond donors (Lipinski definition) is 3. The van der Waals surface area contributed by atoms with E-state index in [1.165, 1.54) is 0 Å². The van der Waals surface area contributed by atoms with Crippen molar-refractivity contribution in [3.05, 3.63) is 18.3 Å². The van der Waals surface area contributed by atoms with Gasteiger partial charge in [0.2, 0.25) is 0 Å². The van der Waals surface area contributed by atoms with E-state index >= 15 is 0 Å². The number of likely N-dealkylation sites (N-methyl/N-ethyl adjacent to an activating group) is 1. The highest BCUT2D eigenvalue weighted by Gasteiger charge is 2.34. The molecule has 1 aliphatic rings. The molecule has 19 heavy (non-hydrogen) atoms. The molecule has 1 aliphatic heterocycles. The lowest BCUT2D eigenvalue weighted by molar-refractivity contribution is -0.139. The molecule has 0 aromatic carbocycles. The number of aliphatic hydroxyl groups is 1. The summed E-state index contributed by atoms with van der Waals surface area (Å²) >= 11 is 0. The minimum Gasteiger partial charge on any atom is -0.387 e. The van der Waals surface area contributed by atoms with Crippen molar-refractivity contribution in [3.8, 4) is 0 Å². The van der Waals surface area contributed by atoms with Crippen LogP contribution < -0.4 is 10.6 Å². The Morgan fingerprint density at radius 3 is 2.95 bits per heavy atom. The third-order valence-electron chi connectivity index (χ3n) is 3.53. The van der Waals surface area contributed by atoms with E-state index in [2.05, 4.69) is 9.88 Å². The van der Waals surface area contributed by atoms with Gasteiger partial charge < -0.3 is 20.9 Å². The zero-order chi connectivity index (χ0) is 13.9. The standard InChI is InChI=1S/C13H22N4O2/c1-2-17(19)10-13(18)6-3-7-16(9-13)11-4-5-12(14)15-8-11/h4-5,8,18-19H,2-3,6-7,9-10H2,1H3,(H2,14,15). The Morgan fingerprint density at radius 1 is 1.53 bits per heavy atom. The second-order valence-electron chi connectivity index (χ2n) is 5.17. The van der Waals surface area contributed by atoms with Crippen LogP contribution in [-0.4, -0.2) is 52.1 Å². The summed E-state index contributed by atoms with van der Waals surface area (Å²) in [6.45, 7) is 4.00. The number of piperidine rings is 1. The minimum absolute atomic E-state index is 0.266. The first-order valence-electron chi connectivity index (χ1n) is 6.65. The Labute approximate surface area is 113 Å². The molecule has 6 heteroatoms. The van der Waals surface area contributed by atoms with Gasteiger partial charge in [-0.2, -0.15) is 5.06 Å². The van der Waals surface area contributed by atoms with Crippen LogP contribution in [0.4, 0.5) is 11.5 Å². The van der Waals surface area contributed by atoms with E-state index in [0.29, 0.717) is 25.3 Å². The molecule has 1 aromatic heterocycles. The Kier molecular flexibility index (Phi) is 4.24. The first-order valence-corrected chi connectivity index (χ1v) is 6.65. The number of hydroxylamine groups is 2. The molecular weight excluding hydrogens is 244 g/mol. The molecule has 6 nitrogen and oxygen atoms in total. The third-order valence-corrected chi connectivity index (χ3v) is 3.53. The van der Waals surface area contributed by atoms with Crippen molar-refractivity contribution in [1.82, 2.24) is 10.0 Å². The lowest BCUT2D eigenvalue weighted by atomic mass is 9.92.